The van der Waals surface area contributed by atoms with Crippen molar-refractivity contribution in [2.24, 2.45) is 0 Å². The predicted octanol–water partition coefficient (Wildman–Crippen LogP) is 6.06. The molecule has 1 aromatic heterocycles. The summed E-state index contributed by atoms with van der Waals surface area (Å²) in [6.45, 7) is 4.63. The van der Waals surface area contributed by atoms with Crippen molar-refractivity contribution in [3.8, 4) is 0 Å². The van der Waals surface area contributed by atoms with Gasteiger partial charge in [0.1, 0.15) is 5.82 Å². The van der Waals surface area contributed by atoms with Crippen LogP contribution in [-0.2, 0) is 5.41 Å². The minimum absolute atomic E-state index is 0.0648. The first-order valence-corrected chi connectivity index (χ1v) is 10.6. The summed E-state index contributed by atoms with van der Waals surface area (Å²) in [6.07, 6.45) is -18.5. The highest BCUT2D eigenvalue weighted by molar-refractivity contribution is 5.89. The van der Waals surface area contributed by atoms with Crippen LogP contribution in [0.5, 0.6) is 0 Å². The molecule has 198 valence electrons. The third-order valence-corrected chi connectivity index (χ3v) is 6.01. The van der Waals surface area contributed by atoms with Gasteiger partial charge in [-0.3, -0.25) is 0 Å². The fourth-order valence-electron chi connectivity index (χ4n) is 4.23. The van der Waals surface area contributed by atoms with E-state index >= 15 is 0 Å². The van der Waals surface area contributed by atoms with Gasteiger partial charge in [-0.2, -0.15) is 39.5 Å². The van der Waals surface area contributed by atoms with Crippen molar-refractivity contribution in [1.82, 2.24) is 9.88 Å². The quantitative estimate of drug-likeness (QED) is 0.493. The summed E-state index contributed by atoms with van der Waals surface area (Å²) in [5, 5.41) is 2.31. The molecule has 1 aromatic carbocycles. The molecule has 1 aliphatic heterocycles. The van der Waals surface area contributed by atoms with Crippen LogP contribution in [0, 0.1) is 6.92 Å². The predicted molar refractivity (Wildman–Crippen MR) is 113 cm³/mol. The van der Waals surface area contributed by atoms with Crippen LogP contribution in [0.2, 0.25) is 0 Å². The van der Waals surface area contributed by atoms with Crippen LogP contribution in [0.25, 0.3) is 0 Å². The van der Waals surface area contributed by atoms with E-state index < -0.39 is 35.5 Å². The molecule has 1 saturated heterocycles. The van der Waals surface area contributed by atoms with E-state index in [0.29, 0.717) is 25.2 Å². The number of piperazine rings is 1. The molecule has 1 N–H and O–H groups in total. The zero-order valence-electron chi connectivity index (χ0n) is 18.9. The van der Waals surface area contributed by atoms with E-state index in [9.17, 15) is 44.3 Å². The number of carbonyl (C=O) groups is 1. The molecule has 3 rings (SSSR count). The van der Waals surface area contributed by atoms with Gasteiger partial charge in [-0.1, -0.05) is 18.2 Å². The molecule has 2 heterocycles. The number of nitrogens with zero attached hydrogens (tertiary/aromatic N) is 3. The Kier molecular flexibility index (Phi) is 7.12. The topological polar surface area (TPSA) is 48.5 Å². The maximum absolute atomic E-state index is 13.3. The number of nitrogens with one attached hydrogen (secondary N) is 1. The number of alkyl halides is 9. The van der Waals surface area contributed by atoms with Gasteiger partial charge >= 0.3 is 24.6 Å². The van der Waals surface area contributed by atoms with Gasteiger partial charge in [0.2, 0.25) is 0 Å². The van der Waals surface area contributed by atoms with Crippen LogP contribution in [0.15, 0.2) is 42.6 Å². The van der Waals surface area contributed by atoms with E-state index in [1.54, 1.807) is 19.2 Å². The van der Waals surface area contributed by atoms with Gasteiger partial charge in [-0.05, 0) is 43.2 Å². The van der Waals surface area contributed by atoms with Gasteiger partial charge in [0, 0.05) is 37.6 Å². The van der Waals surface area contributed by atoms with E-state index in [1.165, 1.54) is 4.90 Å². The van der Waals surface area contributed by atoms with Crippen molar-refractivity contribution >= 4 is 17.5 Å². The van der Waals surface area contributed by atoms with Gasteiger partial charge in [0.25, 0.3) is 5.41 Å². The third-order valence-electron chi connectivity index (χ3n) is 6.01. The lowest BCUT2D eigenvalue weighted by Crippen LogP contribution is -2.63. The molecule has 5 nitrogen and oxygen atoms in total. The van der Waals surface area contributed by atoms with Gasteiger partial charge in [-0.15, -0.1) is 0 Å². The Hall–Kier alpha value is -3.19. The highest BCUT2D eigenvalue weighted by atomic mass is 19.4. The van der Waals surface area contributed by atoms with Crippen molar-refractivity contribution < 1.29 is 44.3 Å². The normalized spacial score (nSPS) is 17.8. The third kappa shape index (κ3) is 4.76. The molecule has 0 spiro atoms. The van der Waals surface area contributed by atoms with E-state index in [0.717, 1.165) is 11.4 Å². The van der Waals surface area contributed by atoms with Crippen LogP contribution < -0.4 is 10.2 Å². The first-order valence-electron chi connectivity index (χ1n) is 10.6. The number of aromatic nitrogens is 1. The monoisotopic (exact) mass is 528 g/mol. The van der Waals surface area contributed by atoms with Crippen LogP contribution in [-0.4, -0.2) is 60.1 Å². The van der Waals surface area contributed by atoms with Gasteiger partial charge in [-0.25, -0.2) is 9.78 Å². The van der Waals surface area contributed by atoms with Gasteiger partial charge < -0.3 is 15.1 Å². The fourth-order valence-corrected chi connectivity index (χ4v) is 4.23. The number of amides is 2. The molecule has 2 aromatic rings. The average molecular weight is 528 g/mol. The molecule has 0 radical (unpaired) electrons. The van der Waals surface area contributed by atoms with Crippen molar-refractivity contribution in [2.45, 2.75) is 43.8 Å². The first-order chi connectivity index (χ1) is 16.5. The number of halogens is 9. The highest BCUT2D eigenvalue weighted by Gasteiger charge is 2.84. The standard InChI is InChI=1S/C22H21F9N4O/c1-13-4-3-9-32-17(13)34-10-11-35(14(2)12-34)18(36)33-16-7-5-15(6-8-16)19(20(23,24)25,21(26,27)28)22(29,30)31/h3-9,14H,10-12H2,1-2H3,(H,33,36). The fraction of sp³-hybridized carbons (Fsp3) is 0.455. The number of pyridine rings is 1. The Balaban J connectivity index is 1.79. The molecule has 0 bridgehead atoms. The lowest BCUT2D eigenvalue weighted by Gasteiger charge is -2.40. The van der Waals surface area contributed by atoms with Crippen LogP contribution in [0.3, 0.4) is 0 Å². The van der Waals surface area contributed by atoms with Crippen molar-refractivity contribution in [3.63, 3.8) is 0 Å². The molecule has 1 fully saturated rings. The summed E-state index contributed by atoms with van der Waals surface area (Å²) in [7, 11) is 0. The molecule has 1 unspecified atom stereocenters. The summed E-state index contributed by atoms with van der Waals surface area (Å²) >= 11 is 0. The molecule has 0 saturated carbocycles. The maximum Gasteiger partial charge on any atom is 0.416 e. The number of hydrogen-bond donors (Lipinski definition) is 1. The summed E-state index contributed by atoms with van der Waals surface area (Å²) in [4.78, 5) is 20.4. The number of urea groups is 1. The van der Waals surface area contributed by atoms with E-state index in [4.69, 9.17) is 0 Å². The molecule has 36 heavy (non-hydrogen) atoms. The van der Waals surface area contributed by atoms with Crippen LogP contribution in [0.1, 0.15) is 18.1 Å². The van der Waals surface area contributed by atoms with Gasteiger partial charge in [0.05, 0.1) is 0 Å². The average Bonchev–Trinajstić information content (AvgIpc) is 2.72. The Morgan fingerprint density at radius 1 is 0.917 bits per heavy atom. The minimum Gasteiger partial charge on any atom is -0.353 e. The van der Waals surface area contributed by atoms with Crippen molar-refractivity contribution in [2.75, 3.05) is 29.9 Å². The number of hydrogen-bond acceptors (Lipinski definition) is 3. The second-order valence-electron chi connectivity index (χ2n) is 8.38. The molecule has 1 aliphatic rings. The first kappa shape index (κ1) is 27.4. The summed E-state index contributed by atoms with van der Waals surface area (Å²) in [6, 6.07) is 3.87. The zero-order chi connectivity index (χ0) is 27.1. The SMILES string of the molecule is Cc1cccnc1N1CCN(C(=O)Nc2ccc(C(C(F)(F)F)(C(F)(F)F)C(F)(F)F)cc2)C(C)C1. The van der Waals surface area contributed by atoms with Crippen LogP contribution >= 0.6 is 0 Å². The lowest BCUT2D eigenvalue weighted by atomic mass is 9.78. The number of carbonyl (C=O) groups excluding carboxylic acids is 1. The highest BCUT2D eigenvalue weighted by Crippen LogP contribution is 2.60. The second kappa shape index (κ2) is 9.36. The maximum atomic E-state index is 13.3. The van der Waals surface area contributed by atoms with E-state index in [-0.39, 0.29) is 30.4 Å². The molecule has 0 aliphatic carbocycles. The summed E-state index contributed by atoms with van der Waals surface area (Å²) in [5.41, 5.74) is -7.47. The van der Waals surface area contributed by atoms with Gasteiger partial charge in [0.15, 0.2) is 0 Å². The summed E-state index contributed by atoms with van der Waals surface area (Å²) in [5.74, 6) is 0.738. The molecular formula is C22H21F9N4O. The Labute approximate surface area is 199 Å². The number of aryl methyl sites for hydroxylation is 1. The van der Waals surface area contributed by atoms with Crippen LogP contribution in [0.4, 0.5) is 55.8 Å². The molecular weight excluding hydrogens is 507 g/mol. The lowest BCUT2D eigenvalue weighted by molar-refractivity contribution is -0.387. The number of anilines is 2. The minimum atomic E-state index is -6.71. The molecule has 14 heteroatoms. The van der Waals surface area contributed by atoms with Crippen molar-refractivity contribution in [3.05, 3.63) is 53.7 Å². The zero-order valence-corrected chi connectivity index (χ0v) is 18.9. The smallest absolute Gasteiger partial charge is 0.353 e. The van der Waals surface area contributed by atoms with Crippen molar-refractivity contribution in [1.29, 1.82) is 0 Å². The molecule has 1 atom stereocenters. The second-order valence-corrected chi connectivity index (χ2v) is 8.38. The molecule has 2 amide bonds. The Morgan fingerprint density at radius 3 is 1.94 bits per heavy atom. The summed E-state index contributed by atoms with van der Waals surface area (Å²) < 4.78 is 120. The Morgan fingerprint density at radius 2 is 1.47 bits per heavy atom. The van der Waals surface area contributed by atoms with E-state index in [2.05, 4.69) is 10.3 Å². The van der Waals surface area contributed by atoms with E-state index in [1.807, 2.05) is 17.9 Å². The Bertz CT molecular complexity index is 1040. The largest absolute Gasteiger partial charge is 0.416 e. The number of rotatable bonds is 3. The number of benzene rings is 1.